The van der Waals surface area contributed by atoms with Gasteiger partial charge < -0.3 is 0 Å². The molecule has 0 heteroatoms. The van der Waals surface area contributed by atoms with Crippen LogP contribution in [0.5, 0.6) is 0 Å². The van der Waals surface area contributed by atoms with Gasteiger partial charge in [0.15, 0.2) is 0 Å². The fraction of sp³-hybridized carbons (Fsp3) is 0.429. The van der Waals surface area contributed by atoms with E-state index in [0.29, 0.717) is 0 Å². The summed E-state index contributed by atoms with van der Waals surface area (Å²) in [6.45, 7) is 8.46. The van der Waals surface area contributed by atoms with Crippen molar-refractivity contribution < 1.29 is 0 Å². The Morgan fingerprint density at radius 1 is 0.929 bits per heavy atom. The van der Waals surface area contributed by atoms with Crippen LogP contribution in [0, 0.1) is 0 Å². The third-order valence-corrected chi connectivity index (χ3v) is 1.95. The molecule has 0 saturated heterocycles. The van der Waals surface area contributed by atoms with E-state index in [4.69, 9.17) is 0 Å². The van der Waals surface area contributed by atoms with Gasteiger partial charge in [0, 0.05) is 0 Å². The first-order valence-corrected chi connectivity index (χ1v) is 5.46. The fourth-order valence-corrected chi connectivity index (χ4v) is 1.29. The van der Waals surface area contributed by atoms with Crippen LogP contribution in [0.3, 0.4) is 0 Å². The van der Waals surface area contributed by atoms with Crippen LogP contribution in [0.25, 0.3) is 0 Å². The standard InChI is InChI=1S/C14H22/c1-5-9-12-13(8-4)14(10-6-2)11-7-3/h6,8-12H,5,7H2,1-4H3/b10-6-,12-9-,13-8+,14-11+. The molecule has 0 unspecified atom stereocenters. The predicted molar refractivity (Wildman–Crippen MR) is 66.4 cm³/mol. The third kappa shape index (κ3) is 4.86. The Morgan fingerprint density at radius 3 is 2.07 bits per heavy atom. The van der Waals surface area contributed by atoms with E-state index in [1.165, 1.54) is 11.1 Å². The molecule has 0 atom stereocenters. The van der Waals surface area contributed by atoms with E-state index in [9.17, 15) is 0 Å². The summed E-state index contributed by atoms with van der Waals surface area (Å²) in [6.07, 6.45) is 15.2. The summed E-state index contributed by atoms with van der Waals surface area (Å²) in [5.41, 5.74) is 2.63. The molecule has 0 radical (unpaired) electrons. The van der Waals surface area contributed by atoms with Gasteiger partial charge in [-0.2, -0.15) is 0 Å². The lowest BCUT2D eigenvalue weighted by atomic mass is 10.0. The Hall–Kier alpha value is -1.04. The fourth-order valence-electron chi connectivity index (χ4n) is 1.29. The number of hydrogen-bond donors (Lipinski definition) is 0. The average molecular weight is 190 g/mol. The first kappa shape index (κ1) is 13.0. The summed E-state index contributed by atoms with van der Waals surface area (Å²) >= 11 is 0. The van der Waals surface area contributed by atoms with E-state index in [1.807, 2.05) is 0 Å². The van der Waals surface area contributed by atoms with E-state index < -0.39 is 0 Å². The number of rotatable bonds is 5. The number of allylic oxidation sites excluding steroid dienone is 8. The zero-order valence-corrected chi connectivity index (χ0v) is 9.88. The molecule has 0 nitrogen and oxygen atoms in total. The lowest BCUT2D eigenvalue weighted by Gasteiger charge is -2.02. The van der Waals surface area contributed by atoms with Crippen LogP contribution in [0.4, 0.5) is 0 Å². The van der Waals surface area contributed by atoms with Gasteiger partial charge in [-0.3, -0.25) is 0 Å². The van der Waals surface area contributed by atoms with Gasteiger partial charge in [-0.1, -0.05) is 50.3 Å². The summed E-state index contributed by atoms with van der Waals surface area (Å²) in [5, 5.41) is 0. The van der Waals surface area contributed by atoms with Crippen molar-refractivity contribution in [2.75, 3.05) is 0 Å². The van der Waals surface area contributed by atoms with Gasteiger partial charge in [0.1, 0.15) is 0 Å². The molecule has 0 aliphatic carbocycles. The molecule has 0 N–H and O–H groups in total. The molecule has 0 bridgehead atoms. The molecule has 78 valence electrons. The molecule has 0 aromatic heterocycles. The average Bonchev–Trinajstić information content (AvgIpc) is 2.19. The van der Waals surface area contributed by atoms with Crippen LogP contribution in [0.1, 0.15) is 40.5 Å². The second-order valence-corrected chi connectivity index (χ2v) is 3.12. The van der Waals surface area contributed by atoms with Gasteiger partial charge in [-0.05, 0) is 37.8 Å². The van der Waals surface area contributed by atoms with E-state index in [2.05, 4.69) is 64.2 Å². The minimum absolute atomic E-state index is 1.08. The Bertz CT molecular complexity index is 249. The summed E-state index contributed by atoms with van der Waals surface area (Å²) in [6, 6.07) is 0. The van der Waals surface area contributed by atoms with Crippen molar-refractivity contribution in [3.8, 4) is 0 Å². The molecule has 0 aliphatic rings. The van der Waals surface area contributed by atoms with Crippen LogP contribution >= 0.6 is 0 Å². The van der Waals surface area contributed by atoms with E-state index in [0.717, 1.165) is 12.8 Å². The largest absolute Gasteiger partial charge is 0.0871 e. The first-order valence-electron chi connectivity index (χ1n) is 5.46. The first-order chi connectivity index (χ1) is 6.79. The Kier molecular flexibility index (Phi) is 7.92. The second-order valence-electron chi connectivity index (χ2n) is 3.12. The molecule has 0 aromatic rings. The van der Waals surface area contributed by atoms with Gasteiger partial charge in [0.2, 0.25) is 0 Å². The molecule has 0 amide bonds. The normalized spacial score (nSPS) is 14.6. The van der Waals surface area contributed by atoms with Crippen LogP contribution < -0.4 is 0 Å². The minimum atomic E-state index is 1.08. The molecular weight excluding hydrogens is 168 g/mol. The summed E-state index contributed by atoms with van der Waals surface area (Å²) in [7, 11) is 0. The van der Waals surface area contributed by atoms with Gasteiger partial charge in [0.05, 0.1) is 0 Å². The Labute approximate surface area is 88.7 Å². The summed E-state index contributed by atoms with van der Waals surface area (Å²) in [4.78, 5) is 0. The van der Waals surface area contributed by atoms with Crippen molar-refractivity contribution in [1.82, 2.24) is 0 Å². The number of hydrogen-bond acceptors (Lipinski definition) is 0. The summed E-state index contributed by atoms with van der Waals surface area (Å²) < 4.78 is 0. The van der Waals surface area contributed by atoms with Crippen molar-refractivity contribution >= 4 is 0 Å². The lowest BCUT2D eigenvalue weighted by molar-refractivity contribution is 1.19. The van der Waals surface area contributed by atoms with Crippen molar-refractivity contribution in [2.45, 2.75) is 40.5 Å². The molecule has 0 saturated carbocycles. The molecule has 0 fully saturated rings. The summed E-state index contributed by atoms with van der Waals surface area (Å²) in [5.74, 6) is 0. The van der Waals surface area contributed by atoms with Gasteiger partial charge in [0.25, 0.3) is 0 Å². The van der Waals surface area contributed by atoms with Crippen LogP contribution in [0.2, 0.25) is 0 Å². The molecule has 0 spiro atoms. The Morgan fingerprint density at radius 2 is 1.64 bits per heavy atom. The van der Waals surface area contributed by atoms with Crippen molar-refractivity contribution in [1.29, 1.82) is 0 Å². The second kappa shape index (κ2) is 8.55. The topological polar surface area (TPSA) is 0 Å². The van der Waals surface area contributed by atoms with Crippen molar-refractivity contribution in [2.24, 2.45) is 0 Å². The van der Waals surface area contributed by atoms with Gasteiger partial charge in [-0.15, -0.1) is 0 Å². The van der Waals surface area contributed by atoms with Crippen molar-refractivity contribution in [3.63, 3.8) is 0 Å². The monoisotopic (exact) mass is 190 g/mol. The maximum atomic E-state index is 2.26. The highest BCUT2D eigenvalue weighted by molar-refractivity contribution is 5.45. The molecule has 0 aromatic carbocycles. The molecule has 0 aliphatic heterocycles. The van der Waals surface area contributed by atoms with Gasteiger partial charge >= 0.3 is 0 Å². The molecule has 0 rings (SSSR count). The van der Waals surface area contributed by atoms with Crippen LogP contribution in [-0.4, -0.2) is 0 Å². The van der Waals surface area contributed by atoms with E-state index in [1.54, 1.807) is 0 Å². The zero-order valence-electron chi connectivity index (χ0n) is 9.88. The predicted octanol–water partition coefficient (Wildman–Crippen LogP) is 4.81. The minimum Gasteiger partial charge on any atom is -0.0871 e. The highest BCUT2D eigenvalue weighted by Gasteiger charge is 1.94. The molecule has 14 heavy (non-hydrogen) atoms. The highest BCUT2D eigenvalue weighted by Crippen LogP contribution is 2.14. The quantitative estimate of drug-likeness (QED) is 0.546. The van der Waals surface area contributed by atoms with Crippen LogP contribution in [0.15, 0.2) is 47.6 Å². The van der Waals surface area contributed by atoms with Crippen LogP contribution in [-0.2, 0) is 0 Å². The third-order valence-electron chi connectivity index (χ3n) is 1.95. The maximum absolute atomic E-state index is 2.26. The zero-order chi connectivity index (χ0) is 10.8. The SMILES string of the molecule is C\C=C/C(=C\CC)C(/C=C\CC)=C/C. The maximum Gasteiger partial charge on any atom is -0.0231 e. The Balaban J connectivity index is 4.78. The van der Waals surface area contributed by atoms with Crippen molar-refractivity contribution in [3.05, 3.63) is 47.6 Å². The smallest absolute Gasteiger partial charge is 0.0231 e. The molecular formula is C14H22. The highest BCUT2D eigenvalue weighted by atomic mass is 14.0. The lowest BCUT2D eigenvalue weighted by Crippen LogP contribution is -1.82. The van der Waals surface area contributed by atoms with E-state index in [-0.39, 0.29) is 0 Å². The van der Waals surface area contributed by atoms with Gasteiger partial charge in [-0.25, -0.2) is 0 Å². The molecule has 0 heterocycles. The van der Waals surface area contributed by atoms with E-state index >= 15 is 0 Å².